The minimum Gasteiger partial charge on any atom is -0.378 e. The lowest BCUT2D eigenvalue weighted by atomic mass is 9.93. The number of nitrogens with zero attached hydrogens (tertiary/aromatic N) is 1. The lowest BCUT2D eigenvalue weighted by molar-refractivity contribution is 0.454. The van der Waals surface area contributed by atoms with E-state index in [1.54, 1.807) is 5.70 Å². The van der Waals surface area contributed by atoms with E-state index in [2.05, 4.69) is 18.0 Å². The second-order valence-corrected chi connectivity index (χ2v) is 3.47. The molecule has 0 bridgehead atoms. The minimum atomic E-state index is 0.929. The van der Waals surface area contributed by atoms with Gasteiger partial charge in [-0.2, -0.15) is 0 Å². The monoisotopic (exact) mass is 137 g/mol. The summed E-state index contributed by atoms with van der Waals surface area (Å²) in [6.45, 7) is 1.29. The van der Waals surface area contributed by atoms with E-state index in [-0.39, 0.29) is 0 Å². The molecule has 1 saturated heterocycles. The van der Waals surface area contributed by atoms with Crippen molar-refractivity contribution < 1.29 is 0 Å². The van der Waals surface area contributed by atoms with E-state index in [4.69, 9.17) is 0 Å². The van der Waals surface area contributed by atoms with Gasteiger partial charge >= 0.3 is 0 Å². The van der Waals surface area contributed by atoms with Gasteiger partial charge in [-0.1, -0.05) is 6.08 Å². The van der Waals surface area contributed by atoms with Crippen molar-refractivity contribution in [1.82, 2.24) is 4.90 Å². The molecule has 0 aromatic rings. The van der Waals surface area contributed by atoms with Crippen LogP contribution in [0.2, 0.25) is 0 Å². The third-order valence-corrected chi connectivity index (χ3v) is 2.78. The molecule has 0 aromatic heterocycles. The van der Waals surface area contributed by atoms with Crippen molar-refractivity contribution in [2.45, 2.75) is 25.7 Å². The van der Waals surface area contributed by atoms with Crippen LogP contribution in [0.5, 0.6) is 0 Å². The van der Waals surface area contributed by atoms with Crippen molar-refractivity contribution in [1.29, 1.82) is 0 Å². The Morgan fingerprint density at radius 1 is 1.50 bits per heavy atom. The zero-order chi connectivity index (χ0) is 6.97. The normalized spacial score (nSPS) is 31.9. The average Bonchev–Trinajstić information content (AvgIpc) is 2.34. The van der Waals surface area contributed by atoms with Crippen molar-refractivity contribution in [3.8, 4) is 0 Å². The molecule has 1 heterocycles. The average molecular weight is 137 g/mol. The zero-order valence-electron chi connectivity index (χ0n) is 6.64. The zero-order valence-corrected chi connectivity index (χ0v) is 6.64. The van der Waals surface area contributed by atoms with Gasteiger partial charge in [-0.15, -0.1) is 0 Å². The molecule has 56 valence electrons. The van der Waals surface area contributed by atoms with Crippen LogP contribution in [-0.4, -0.2) is 18.5 Å². The van der Waals surface area contributed by atoms with Crippen molar-refractivity contribution in [2.75, 3.05) is 13.6 Å². The number of likely N-dealkylation sites (tertiary alicyclic amines) is 1. The summed E-state index contributed by atoms with van der Waals surface area (Å²) in [4.78, 5) is 2.42. The summed E-state index contributed by atoms with van der Waals surface area (Å²) in [6, 6.07) is 0. The minimum absolute atomic E-state index is 0.929. The molecule has 0 amide bonds. The quantitative estimate of drug-likeness (QED) is 0.493. The standard InChI is InChI=1S/C9H15N/c1-10-7-6-8-4-2-3-5-9(8)10/h5,8H,2-4,6-7H2,1H3. The molecule has 1 aliphatic carbocycles. The Balaban J connectivity index is 2.19. The van der Waals surface area contributed by atoms with Crippen LogP contribution in [0.3, 0.4) is 0 Å². The largest absolute Gasteiger partial charge is 0.378 e. The predicted molar refractivity (Wildman–Crippen MR) is 42.7 cm³/mol. The highest BCUT2D eigenvalue weighted by atomic mass is 15.1. The first-order valence-electron chi connectivity index (χ1n) is 4.29. The fourth-order valence-corrected chi connectivity index (χ4v) is 2.17. The molecule has 0 spiro atoms. The summed E-state index contributed by atoms with van der Waals surface area (Å²) in [5.74, 6) is 0.929. The van der Waals surface area contributed by atoms with Crippen molar-refractivity contribution in [3.63, 3.8) is 0 Å². The van der Waals surface area contributed by atoms with Crippen molar-refractivity contribution in [3.05, 3.63) is 11.8 Å². The van der Waals surface area contributed by atoms with Crippen LogP contribution in [-0.2, 0) is 0 Å². The molecule has 0 aromatic carbocycles. The summed E-state index contributed by atoms with van der Waals surface area (Å²) in [5.41, 5.74) is 1.63. The highest BCUT2D eigenvalue weighted by Crippen LogP contribution is 2.34. The van der Waals surface area contributed by atoms with Crippen LogP contribution < -0.4 is 0 Å². The summed E-state index contributed by atoms with van der Waals surface area (Å²) in [7, 11) is 2.22. The molecule has 0 radical (unpaired) electrons. The molecule has 1 heteroatoms. The molecule has 1 fully saturated rings. The molecule has 2 rings (SSSR count). The van der Waals surface area contributed by atoms with E-state index in [9.17, 15) is 0 Å². The SMILES string of the molecule is CN1CCC2CCCC=C21. The van der Waals surface area contributed by atoms with E-state index in [1.165, 1.54) is 32.2 Å². The summed E-state index contributed by atoms with van der Waals surface area (Å²) in [5, 5.41) is 0. The van der Waals surface area contributed by atoms with Crippen LogP contribution in [0.25, 0.3) is 0 Å². The predicted octanol–water partition coefficient (Wildman–Crippen LogP) is 2.01. The highest BCUT2D eigenvalue weighted by molar-refractivity contribution is 5.12. The molecular formula is C9H15N. The summed E-state index contributed by atoms with van der Waals surface area (Å²) < 4.78 is 0. The van der Waals surface area contributed by atoms with Gasteiger partial charge in [0.05, 0.1) is 0 Å². The Labute approximate surface area is 62.7 Å². The Morgan fingerprint density at radius 3 is 3.20 bits per heavy atom. The van der Waals surface area contributed by atoms with Gasteiger partial charge in [0.25, 0.3) is 0 Å². The Kier molecular flexibility index (Phi) is 1.44. The smallest absolute Gasteiger partial charge is 0.0178 e. The van der Waals surface area contributed by atoms with E-state index in [1.807, 2.05) is 0 Å². The third kappa shape index (κ3) is 0.845. The highest BCUT2D eigenvalue weighted by Gasteiger charge is 2.26. The first kappa shape index (κ1) is 6.26. The maximum absolute atomic E-state index is 2.43. The van der Waals surface area contributed by atoms with Crippen LogP contribution in [0, 0.1) is 5.92 Å². The molecule has 2 aliphatic rings. The van der Waals surface area contributed by atoms with Gasteiger partial charge in [0, 0.05) is 25.2 Å². The molecule has 0 N–H and O–H groups in total. The molecule has 0 saturated carbocycles. The number of fused-ring (bicyclic) bond motifs is 1. The second-order valence-electron chi connectivity index (χ2n) is 3.47. The van der Waals surface area contributed by atoms with Gasteiger partial charge in [0.15, 0.2) is 0 Å². The molecule has 10 heavy (non-hydrogen) atoms. The van der Waals surface area contributed by atoms with Gasteiger partial charge in [0.2, 0.25) is 0 Å². The summed E-state index contributed by atoms with van der Waals surface area (Å²) >= 11 is 0. The molecule has 1 aliphatic heterocycles. The van der Waals surface area contributed by atoms with E-state index < -0.39 is 0 Å². The molecule has 1 unspecified atom stereocenters. The number of hydrogen-bond donors (Lipinski definition) is 0. The third-order valence-electron chi connectivity index (χ3n) is 2.78. The van der Waals surface area contributed by atoms with Gasteiger partial charge in [-0.3, -0.25) is 0 Å². The van der Waals surface area contributed by atoms with Gasteiger partial charge in [-0.25, -0.2) is 0 Å². The van der Waals surface area contributed by atoms with Gasteiger partial charge < -0.3 is 4.90 Å². The first-order valence-corrected chi connectivity index (χ1v) is 4.29. The first-order chi connectivity index (χ1) is 4.88. The van der Waals surface area contributed by atoms with Crippen LogP contribution in [0.15, 0.2) is 11.8 Å². The maximum Gasteiger partial charge on any atom is 0.0178 e. The van der Waals surface area contributed by atoms with Crippen molar-refractivity contribution >= 4 is 0 Å². The Morgan fingerprint density at radius 2 is 2.40 bits per heavy atom. The Bertz CT molecular complexity index is 160. The number of rotatable bonds is 0. The van der Waals surface area contributed by atoms with E-state index in [0.29, 0.717) is 0 Å². The molecule has 1 nitrogen and oxygen atoms in total. The topological polar surface area (TPSA) is 3.24 Å². The fourth-order valence-electron chi connectivity index (χ4n) is 2.17. The van der Waals surface area contributed by atoms with Crippen molar-refractivity contribution in [2.24, 2.45) is 5.92 Å². The van der Waals surface area contributed by atoms with Crippen LogP contribution in [0.4, 0.5) is 0 Å². The second kappa shape index (κ2) is 2.30. The fraction of sp³-hybridized carbons (Fsp3) is 0.778. The van der Waals surface area contributed by atoms with E-state index >= 15 is 0 Å². The maximum atomic E-state index is 2.43. The Hall–Kier alpha value is -0.460. The number of hydrogen-bond acceptors (Lipinski definition) is 1. The van der Waals surface area contributed by atoms with Crippen LogP contribution >= 0.6 is 0 Å². The lowest BCUT2D eigenvalue weighted by Crippen LogP contribution is -2.13. The lowest BCUT2D eigenvalue weighted by Gasteiger charge is -2.20. The van der Waals surface area contributed by atoms with Gasteiger partial charge in [-0.05, 0) is 25.7 Å². The van der Waals surface area contributed by atoms with E-state index in [0.717, 1.165) is 5.92 Å². The molecular weight excluding hydrogens is 122 g/mol. The summed E-state index contributed by atoms with van der Waals surface area (Å²) in [6.07, 6.45) is 8.01. The van der Waals surface area contributed by atoms with Gasteiger partial charge in [0.1, 0.15) is 0 Å². The van der Waals surface area contributed by atoms with Crippen LogP contribution in [0.1, 0.15) is 25.7 Å². The molecule has 1 atom stereocenters. The number of allylic oxidation sites excluding steroid dienone is 2.